The second-order valence-corrected chi connectivity index (χ2v) is 7.15. The summed E-state index contributed by atoms with van der Waals surface area (Å²) in [5.41, 5.74) is 4.53. The molecular formula is C23H25FN4O2. The van der Waals surface area contributed by atoms with Crippen molar-refractivity contribution in [3.8, 4) is 0 Å². The van der Waals surface area contributed by atoms with E-state index in [1.807, 2.05) is 48.9 Å². The molecule has 0 spiro atoms. The van der Waals surface area contributed by atoms with E-state index >= 15 is 0 Å². The molecule has 0 aliphatic rings. The standard InChI is InChI=1S/C23H25FN4O2/c1-16-21(17(2)28(27-16)15-18-7-4-3-5-8-18)13-25-23(30)14-26-22(29)12-19-9-6-10-20(24)11-19/h3-11H,12-15H2,1-2H3,(H,25,30)(H,26,29). The van der Waals surface area contributed by atoms with Crippen LogP contribution < -0.4 is 10.6 Å². The highest BCUT2D eigenvalue weighted by atomic mass is 19.1. The van der Waals surface area contributed by atoms with Crippen LogP contribution >= 0.6 is 0 Å². The highest BCUT2D eigenvalue weighted by molar-refractivity contribution is 5.85. The van der Waals surface area contributed by atoms with Gasteiger partial charge < -0.3 is 10.6 Å². The molecule has 156 valence electrons. The summed E-state index contributed by atoms with van der Waals surface area (Å²) in [4.78, 5) is 24.1. The Labute approximate surface area is 175 Å². The minimum Gasteiger partial charge on any atom is -0.350 e. The maximum Gasteiger partial charge on any atom is 0.239 e. The number of halogens is 1. The summed E-state index contributed by atoms with van der Waals surface area (Å²) < 4.78 is 15.1. The van der Waals surface area contributed by atoms with Gasteiger partial charge >= 0.3 is 0 Å². The molecule has 0 fully saturated rings. The molecule has 2 N–H and O–H groups in total. The van der Waals surface area contributed by atoms with Crippen LogP contribution in [0.25, 0.3) is 0 Å². The number of aryl methyl sites for hydroxylation is 1. The van der Waals surface area contributed by atoms with Crippen molar-refractivity contribution in [2.45, 2.75) is 33.4 Å². The van der Waals surface area contributed by atoms with E-state index in [9.17, 15) is 14.0 Å². The Hall–Kier alpha value is -3.48. The van der Waals surface area contributed by atoms with Gasteiger partial charge in [-0.05, 0) is 37.1 Å². The molecule has 0 radical (unpaired) electrons. The normalized spacial score (nSPS) is 10.6. The lowest BCUT2D eigenvalue weighted by atomic mass is 10.1. The van der Waals surface area contributed by atoms with Crippen molar-refractivity contribution < 1.29 is 14.0 Å². The summed E-state index contributed by atoms with van der Waals surface area (Å²) in [6.07, 6.45) is 0.0233. The van der Waals surface area contributed by atoms with Crippen molar-refractivity contribution in [1.82, 2.24) is 20.4 Å². The first-order valence-electron chi connectivity index (χ1n) is 9.77. The maximum absolute atomic E-state index is 13.2. The van der Waals surface area contributed by atoms with Crippen LogP contribution in [0.1, 0.15) is 28.1 Å². The first-order valence-corrected chi connectivity index (χ1v) is 9.77. The first kappa shape index (κ1) is 21.2. The lowest BCUT2D eigenvalue weighted by Gasteiger charge is -2.08. The van der Waals surface area contributed by atoms with Crippen molar-refractivity contribution >= 4 is 11.8 Å². The molecule has 3 rings (SSSR count). The van der Waals surface area contributed by atoms with E-state index in [-0.39, 0.29) is 24.8 Å². The summed E-state index contributed by atoms with van der Waals surface area (Å²) in [6.45, 7) is 4.76. The molecule has 2 aromatic carbocycles. The number of hydrogen-bond donors (Lipinski definition) is 2. The Morgan fingerprint density at radius 3 is 2.43 bits per heavy atom. The van der Waals surface area contributed by atoms with Gasteiger partial charge in [0.15, 0.2) is 0 Å². The molecule has 0 unspecified atom stereocenters. The zero-order chi connectivity index (χ0) is 21.5. The molecule has 6 nitrogen and oxygen atoms in total. The van der Waals surface area contributed by atoms with Crippen LogP contribution in [0.2, 0.25) is 0 Å². The number of nitrogens with one attached hydrogen (secondary N) is 2. The molecule has 3 aromatic rings. The minimum atomic E-state index is -0.392. The maximum atomic E-state index is 13.2. The lowest BCUT2D eigenvalue weighted by Crippen LogP contribution is -2.37. The first-order chi connectivity index (χ1) is 14.4. The number of amides is 2. The van der Waals surface area contributed by atoms with Gasteiger partial charge in [0.25, 0.3) is 0 Å². The quantitative estimate of drug-likeness (QED) is 0.602. The number of hydrogen-bond acceptors (Lipinski definition) is 3. The Morgan fingerprint density at radius 2 is 1.70 bits per heavy atom. The van der Waals surface area contributed by atoms with Crippen LogP contribution in [-0.4, -0.2) is 28.1 Å². The molecular weight excluding hydrogens is 383 g/mol. The number of carbonyl (C=O) groups excluding carboxylic acids is 2. The average molecular weight is 408 g/mol. The van der Waals surface area contributed by atoms with Crippen molar-refractivity contribution in [2.75, 3.05) is 6.54 Å². The molecule has 1 heterocycles. The summed E-state index contributed by atoms with van der Waals surface area (Å²) in [7, 11) is 0. The van der Waals surface area contributed by atoms with Crippen LogP contribution in [0.5, 0.6) is 0 Å². The number of benzene rings is 2. The molecule has 0 atom stereocenters. The van der Waals surface area contributed by atoms with Crippen LogP contribution in [-0.2, 0) is 29.1 Å². The van der Waals surface area contributed by atoms with E-state index in [0.717, 1.165) is 22.5 Å². The third-order valence-corrected chi connectivity index (χ3v) is 4.87. The molecule has 1 aromatic heterocycles. The van der Waals surface area contributed by atoms with Gasteiger partial charge in [0.1, 0.15) is 5.82 Å². The Balaban J connectivity index is 1.49. The molecule has 0 aliphatic heterocycles. The van der Waals surface area contributed by atoms with Crippen molar-refractivity contribution in [2.24, 2.45) is 0 Å². The summed E-state index contributed by atoms with van der Waals surface area (Å²) >= 11 is 0. The molecule has 0 saturated carbocycles. The summed E-state index contributed by atoms with van der Waals surface area (Å²) in [6, 6.07) is 15.9. The van der Waals surface area contributed by atoms with Crippen LogP contribution in [0.15, 0.2) is 54.6 Å². The van der Waals surface area contributed by atoms with Crippen LogP contribution in [0, 0.1) is 19.7 Å². The number of nitrogens with zero attached hydrogens (tertiary/aromatic N) is 2. The van der Waals surface area contributed by atoms with Gasteiger partial charge in [0.2, 0.25) is 11.8 Å². The molecule has 0 aliphatic carbocycles. The van der Waals surface area contributed by atoms with E-state index in [0.29, 0.717) is 18.7 Å². The molecule has 0 bridgehead atoms. The fourth-order valence-electron chi connectivity index (χ4n) is 3.22. The second kappa shape index (κ2) is 9.82. The van der Waals surface area contributed by atoms with Crippen molar-refractivity contribution in [1.29, 1.82) is 0 Å². The van der Waals surface area contributed by atoms with Gasteiger partial charge in [-0.15, -0.1) is 0 Å². The number of carbonyl (C=O) groups is 2. The summed E-state index contributed by atoms with van der Waals surface area (Å²) in [5.74, 6) is -1.02. The molecule has 30 heavy (non-hydrogen) atoms. The molecule has 0 saturated heterocycles. The third-order valence-electron chi connectivity index (χ3n) is 4.87. The molecule has 7 heteroatoms. The largest absolute Gasteiger partial charge is 0.350 e. The predicted octanol–water partition coefficient (Wildman–Crippen LogP) is 2.66. The fraction of sp³-hybridized carbons (Fsp3) is 0.261. The lowest BCUT2D eigenvalue weighted by molar-refractivity contribution is -0.125. The van der Waals surface area contributed by atoms with Gasteiger partial charge in [0.05, 0.1) is 25.2 Å². The van der Waals surface area contributed by atoms with Gasteiger partial charge in [0, 0.05) is 17.8 Å². The fourth-order valence-corrected chi connectivity index (χ4v) is 3.22. The topological polar surface area (TPSA) is 76.0 Å². The van der Waals surface area contributed by atoms with Gasteiger partial charge in [-0.2, -0.15) is 5.10 Å². The van der Waals surface area contributed by atoms with E-state index in [4.69, 9.17) is 0 Å². The van der Waals surface area contributed by atoms with Crippen LogP contribution in [0.3, 0.4) is 0 Å². The minimum absolute atomic E-state index is 0.0233. The highest BCUT2D eigenvalue weighted by Gasteiger charge is 2.13. The van der Waals surface area contributed by atoms with E-state index in [1.54, 1.807) is 12.1 Å². The highest BCUT2D eigenvalue weighted by Crippen LogP contribution is 2.14. The predicted molar refractivity (Wildman–Crippen MR) is 112 cm³/mol. The third kappa shape index (κ3) is 5.76. The Morgan fingerprint density at radius 1 is 0.967 bits per heavy atom. The zero-order valence-electron chi connectivity index (χ0n) is 17.1. The van der Waals surface area contributed by atoms with E-state index in [2.05, 4.69) is 15.7 Å². The van der Waals surface area contributed by atoms with Crippen LogP contribution in [0.4, 0.5) is 4.39 Å². The number of aromatic nitrogens is 2. The second-order valence-electron chi connectivity index (χ2n) is 7.15. The van der Waals surface area contributed by atoms with E-state index in [1.165, 1.54) is 12.1 Å². The SMILES string of the molecule is Cc1nn(Cc2ccccc2)c(C)c1CNC(=O)CNC(=O)Cc1cccc(F)c1. The smallest absolute Gasteiger partial charge is 0.239 e. The zero-order valence-corrected chi connectivity index (χ0v) is 17.1. The Bertz CT molecular complexity index is 1030. The Kier molecular flexibility index (Phi) is 6.95. The number of rotatable bonds is 8. The van der Waals surface area contributed by atoms with Gasteiger partial charge in [-0.3, -0.25) is 14.3 Å². The van der Waals surface area contributed by atoms with Gasteiger partial charge in [-0.25, -0.2) is 4.39 Å². The van der Waals surface area contributed by atoms with Crippen molar-refractivity contribution in [3.63, 3.8) is 0 Å². The average Bonchev–Trinajstić information content (AvgIpc) is 2.98. The molecule has 2 amide bonds. The van der Waals surface area contributed by atoms with E-state index < -0.39 is 5.82 Å². The van der Waals surface area contributed by atoms with Crippen molar-refractivity contribution in [3.05, 3.63) is 88.5 Å². The monoisotopic (exact) mass is 408 g/mol. The summed E-state index contributed by atoms with van der Waals surface area (Å²) in [5, 5.41) is 9.96. The van der Waals surface area contributed by atoms with Gasteiger partial charge in [-0.1, -0.05) is 42.5 Å².